The molecule has 0 aliphatic rings. The molecule has 1 heterocycles. The fourth-order valence-corrected chi connectivity index (χ4v) is 3.11. The number of alkyl carbamates (subject to hydrolysis) is 1. The quantitative estimate of drug-likeness (QED) is 0.462. The fraction of sp³-hybridized carbons (Fsp3) is 0.500. The molecular weight excluding hydrogens is 475 g/mol. The number of nitrogens with zero attached hydrogens (tertiary/aromatic N) is 3. The van der Waals surface area contributed by atoms with Gasteiger partial charge >= 0.3 is 18.8 Å². The molecule has 0 spiro atoms. The summed E-state index contributed by atoms with van der Waals surface area (Å²) < 4.78 is 69.5. The number of Topliss-reactive ketones (excluding diaryl/α,β-unsaturated/α-hetero) is 1. The normalized spacial score (nSPS) is 13.2. The topological polar surface area (TPSA) is 86.1 Å². The molecule has 0 radical (unpaired) electrons. The SMILES string of the molecule is CC(C)(C)OC(=O)N[C@H](CCC(=O)CC(F)(F)F)c1ccc(Cl)c(-c2ncnn2C(F)F)c1. The number of halogens is 6. The number of carbonyl (C=O) groups is 2. The van der Waals surface area contributed by atoms with Crippen LogP contribution < -0.4 is 5.32 Å². The van der Waals surface area contributed by atoms with Crippen LogP contribution in [0.1, 0.15) is 58.2 Å². The molecule has 1 aromatic carbocycles. The molecule has 0 bridgehead atoms. The lowest BCUT2D eigenvalue weighted by Gasteiger charge is -2.24. The molecule has 13 heteroatoms. The van der Waals surface area contributed by atoms with Gasteiger partial charge in [-0.15, -0.1) is 0 Å². The number of hydrogen-bond donors (Lipinski definition) is 1. The Labute approximate surface area is 191 Å². The maximum Gasteiger partial charge on any atom is 0.408 e. The highest BCUT2D eigenvalue weighted by Crippen LogP contribution is 2.32. The molecule has 7 nitrogen and oxygen atoms in total. The molecule has 2 rings (SSSR count). The van der Waals surface area contributed by atoms with Gasteiger partial charge < -0.3 is 10.1 Å². The second-order valence-corrected chi connectivity index (χ2v) is 8.52. The Morgan fingerprint density at radius 3 is 2.45 bits per heavy atom. The minimum atomic E-state index is -4.65. The third-order valence-corrected chi connectivity index (χ3v) is 4.52. The van der Waals surface area contributed by atoms with E-state index in [1.807, 2.05) is 0 Å². The van der Waals surface area contributed by atoms with E-state index in [0.717, 1.165) is 6.33 Å². The minimum absolute atomic E-state index is 0.0535. The molecule has 2 aromatic rings. The van der Waals surface area contributed by atoms with Gasteiger partial charge in [-0.2, -0.15) is 31.7 Å². The van der Waals surface area contributed by atoms with Crippen LogP contribution in [-0.4, -0.2) is 38.4 Å². The molecule has 1 N–H and O–H groups in total. The van der Waals surface area contributed by atoms with Crippen molar-refractivity contribution in [1.82, 2.24) is 20.1 Å². The van der Waals surface area contributed by atoms with E-state index in [9.17, 15) is 31.5 Å². The number of amides is 1. The van der Waals surface area contributed by atoms with Gasteiger partial charge in [0, 0.05) is 12.0 Å². The number of ketones is 1. The first-order valence-electron chi connectivity index (χ1n) is 9.71. The van der Waals surface area contributed by atoms with Gasteiger partial charge in [-0.05, 0) is 44.9 Å². The average Bonchev–Trinajstić information content (AvgIpc) is 3.12. The van der Waals surface area contributed by atoms with Crippen molar-refractivity contribution in [3.05, 3.63) is 35.1 Å². The molecule has 1 aromatic heterocycles. The van der Waals surface area contributed by atoms with Crippen LogP contribution in [0.15, 0.2) is 24.5 Å². The van der Waals surface area contributed by atoms with Crippen LogP contribution in [0.5, 0.6) is 0 Å². The molecule has 0 saturated carbocycles. The largest absolute Gasteiger partial charge is 0.444 e. The molecule has 1 atom stereocenters. The summed E-state index contributed by atoms with van der Waals surface area (Å²) in [5, 5.41) is 6.01. The molecule has 0 unspecified atom stereocenters. The lowest BCUT2D eigenvalue weighted by molar-refractivity contribution is -0.152. The van der Waals surface area contributed by atoms with Crippen molar-refractivity contribution < 1.29 is 36.3 Å². The highest BCUT2D eigenvalue weighted by atomic mass is 35.5. The Balaban J connectivity index is 2.36. The number of ether oxygens (including phenoxy) is 1. The molecule has 0 aliphatic carbocycles. The lowest BCUT2D eigenvalue weighted by Crippen LogP contribution is -2.35. The monoisotopic (exact) mass is 496 g/mol. The Bertz CT molecular complexity index is 989. The average molecular weight is 497 g/mol. The number of benzene rings is 1. The molecule has 0 aliphatic heterocycles. The van der Waals surface area contributed by atoms with E-state index in [1.165, 1.54) is 18.2 Å². The first kappa shape index (κ1) is 26.5. The third-order valence-electron chi connectivity index (χ3n) is 4.19. The second-order valence-electron chi connectivity index (χ2n) is 8.11. The summed E-state index contributed by atoms with van der Waals surface area (Å²) in [6, 6.07) is 3.18. The van der Waals surface area contributed by atoms with Crippen LogP contribution in [0, 0.1) is 0 Å². The lowest BCUT2D eigenvalue weighted by atomic mass is 9.98. The first-order valence-corrected chi connectivity index (χ1v) is 10.1. The number of carbonyl (C=O) groups excluding carboxylic acids is 2. The number of aromatic nitrogens is 3. The summed E-state index contributed by atoms with van der Waals surface area (Å²) in [6.07, 6.45) is -6.91. The Kier molecular flexibility index (Phi) is 8.39. The predicted molar refractivity (Wildman–Crippen MR) is 109 cm³/mol. The highest BCUT2D eigenvalue weighted by Gasteiger charge is 2.31. The molecule has 0 saturated heterocycles. The van der Waals surface area contributed by atoms with E-state index in [4.69, 9.17) is 16.3 Å². The van der Waals surface area contributed by atoms with E-state index in [2.05, 4.69) is 15.4 Å². The van der Waals surface area contributed by atoms with Crippen molar-refractivity contribution in [2.24, 2.45) is 0 Å². The summed E-state index contributed by atoms with van der Waals surface area (Å²) in [7, 11) is 0. The highest BCUT2D eigenvalue weighted by molar-refractivity contribution is 6.33. The van der Waals surface area contributed by atoms with Crippen molar-refractivity contribution >= 4 is 23.5 Å². The van der Waals surface area contributed by atoms with Crippen LogP contribution in [0.3, 0.4) is 0 Å². The summed E-state index contributed by atoms with van der Waals surface area (Å²) in [5.74, 6) is -1.31. The van der Waals surface area contributed by atoms with Crippen LogP contribution in [0.4, 0.5) is 26.7 Å². The Morgan fingerprint density at radius 1 is 1.21 bits per heavy atom. The molecule has 1 amide bonds. The Hall–Kier alpha value is -2.76. The van der Waals surface area contributed by atoms with Gasteiger partial charge in [0.05, 0.1) is 11.1 Å². The summed E-state index contributed by atoms with van der Waals surface area (Å²) in [4.78, 5) is 27.8. The van der Waals surface area contributed by atoms with E-state index in [1.54, 1.807) is 20.8 Å². The van der Waals surface area contributed by atoms with Crippen LogP contribution >= 0.6 is 11.6 Å². The molecule has 0 fully saturated rings. The van der Waals surface area contributed by atoms with E-state index in [-0.39, 0.29) is 22.8 Å². The third kappa shape index (κ3) is 8.26. The van der Waals surface area contributed by atoms with Crippen molar-refractivity contribution in [3.8, 4) is 11.4 Å². The van der Waals surface area contributed by atoms with Crippen LogP contribution in [0.25, 0.3) is 11.4 Å². The second kappa shape index (κ2) is 10.4. The van der Waals surface area contributed by atoms with Gasteiger partial charge in [-0.1, -0.05) is 17.7 Å². The van der Waals surface area contributed by atoms with E-state index in [0.29, 0.717) is 10.2 Å². The van der Waals surface area contributed by atoms with E-state index < -0.39 is 49.1 Å². The number of nitrogens with one attached hydrogen (secondary N) is 1. The van der Waals surface area contributed by atoms with Gasteiger partial charge in [-0.3, -0.25) is 4.79 Å². The van der Waals surface area contributed by atoms with Crippen LogP contribution in [-0.2, 0) is 9.53 Å². The maximum absolute atomic E-state index is 13.2. The van der Waals surface area contributed by atoms with Gasteiger partial charge in [-0.25, -0.2) is 9.78 Å². The van der Waals surface area contributed by atoms with Gasteiger partial charge in [0.2, 0.25) is 0 Å². The zero-order valence-corrected chi connectivity index (χ0v) is 18.7. The van der Waals surface area contributed by atoms with Gasteiger partial charge in [0.15, 0.2) is 5.82 Å². The molecular formula is C20H22ClF5N4O3. The summed E-state index contributed by atoms with van der Waals surface area (Å²) >= 11 is 6.14. The first-order chi connectivity index (χ1) is 15.2. The smallest absolute Gasteiger partial charge is 0.408 e. The minimum Gasteiger partial charge on any atom is -0.444 e. The number of hydrogen-bond acceptors (Lipinski definition) is 5. The maximum atomic E-state index is 13.2. The van der Waals surface area contributed by atoms with Crippen molar-refractivity contribution in [3.63, 3.8) is 0 Å². The van der Waals surface area contributed by atoms with Crippen LogP contribution in [0.2, 0.25) is 5.02 Å². The molecule has 182 valence electrons. The Morgan fingerprint density at radius 2 is 1.88 bits per heavy atom. The fourth-order valence-electron chi connectivity index (χ4n) is 2.91. The summed E-state index contributed by atoms with van der Waals surface area (Å²) in [6.45, 7) is 1.85. The van der Waals surface area contributed by atoms with Crippen molar-refractivity contribution in [2.45, 2.75) is 64.4 Å². The predicted octanol–water partition coefficient (Wildman–Crippen LogP) is 5.86. The van der Waals surface area contributed by atoms with E-state index >= 15 is 0 Å². The van der Waals surface area contributed by atoms with Gasteiger partial charge in [0.1, 0.15) is 24.1 Å². The zero-order chi connectivity index (χ0) is 25.0. The van der Waals surface area contributed by atoms with Crippen molar-refractivity contribution in [1.29, 1.82) is 0 Å². The number of rotatable bonds is 8. The standard InChI is InChI=1S/C20H22ClF5N4O3/c1-19(2,3)33-18(32)29-15(7-5-12(31)9-20(24,25)26)11-4-6-14(21)13(8-11)16-27-10-28-30(16)17(22)23/h4,6,8,10,15,17H,5,7,9H2,1-3H3,(H,29,32)/t15-/m1/s1. The van der Waals surface area contributed by atoms with Gasteiger partial charge in [0.25, 0.3) is 0 Å². The summed E-state index contributed by atoms with van der Waals surface area (Å²) in [5.41, 5.74) is -0.506. The number of alkyl halides is 5. The zero-order valence-electron chi connectivity index (χ0n) is 17.9. The van der Waals surface area contributed by atoms with Crippen molar-refractivity contribution in [2.75, 3.05) is 0 Å². The molecule has 33 heavy (non-hydrogen) atoms.